The van der Waals surface area contributed by atoms with Crippen LogP contribution in [0.3, 0.4) is 0 Å². The zero-order chi connectivity index (χ0) is 19.9. The number of carbonyl (C=O) groups is 1. The third kappa shape index (κ3) is 4.78. The van der Waals surface area contributed by atoms with Gasteiger partial charge < -0.3 is 14.4 Å². The van der Waals surface area contributed by atoms with Crippen LogP contribution >= 0.6 is 0 Å². The monoisotopic (exact) mass is 383 g/mol. The number of anilines is 1. The van der Waals surface area contributed by atoms with Gasteiger partial charge in [-0.2, -0.15) is 5.26 Å². The summed E-state index contributed by atoms with van der Waals surface area (Å²) in [6.45, 7) is 4.25. The lowest BCUT2D eigenvalue weighted by Gasteiger charge is -2.36. The lowest BCUT2D eigenvalue weighted by atomic mass is 10.2. The summed E-state index contributed by atoms with van der Waals surface area (Å²) in [6.07, 6.45) is 0. The molecule has 0 aromatic heterocycles. The second kappa shape index (κ2) is 9.20. The zero-order valence-corrected chi connectivity index (χ0v) is 15.7. The molecule has 0 N–H and O–H groups in total. The van der Waals surface area contributed by atoms with Crippen LogP contribution in [-0.2, 0) is 4.74 Å². The maximum Gasteiger partial charge on any atom is 0.337 e. The summed E-state index contributed by atoms with van der Waals surface area (Å²) in [5.74, 6) is -0.126. The third-order valence-corrected chi connectivity index (χ3v) is 4.72. The molecule has 0 bridgehead atoms. The number of benzene rings is 2. The van der Waals surface area contributed by atoms with Gasteiger partial charge in [-0.25, -0.2) is 9.18 Å². The SMILES string of the molecule is COC(=O)c1cccc(OCCN2CCN(c3ccc(C#N)cc3F)CC2)c1. The van der Waals surface area contributed by atoms with Crippen molar-refractivity contribution in [2.24, 2.45) is 0 Å². The molecule has 0 unspecified atom stereocenters. The van der Waals surface area contributed by atoms with Crippen LogP contribution in [0.15, 0.2) is 42.5 Å². The van der Waals surface area contributed by atoms with Crippen molar-refractivity contribution in [1.82, 2.24) is 4.90 Å². The van der Waals surface area contributed by atoms with Gasteiger partial charge in [0.15, 0.2) is 0 Å². The smallest absolute Gasteiger partial charge is 0.337 e. The molecule has 2 aromatic carbocycles. The molecule has 146 valence electrons. The normalized spacial score (nSPS) is 14.4. The highest BCUT2D eigenvalue weighted by molar-refractivity contribution is 5.89. The summed E-state index contributed by atoms with van der Waals surface area (Å²) in [5.41, 5.74) is 1.32. The molecule has 1 aliphatic rings. The van der Waals surface area contributed by atoms with Gasteiger partial charge in [-0.15, -0.1) is 0 Å². The number of halogens is 1. The predicted molar refractivity (Wildman–Crippen MR) is 103 cm³/mol. The van der Waals surface area contributed by atoms with Gasteiger partial charge in [0.2, 0.25) is 0 Å². The van der Waals surface area contributed by atoms with Crippen LogP contribution in [0.2, 0.25) is 0 Å². The molecule has 1 saturated heterocycles. The highest BCUT2D eigenvalue weighted by Crippen LogP contribution is 2.22. The zero-order valence-electron chi connectivity index (χ0n) is 15.7. The molecule has 0 amide bonds. The van der Waals surface area contributed by atoms with Crippen LogP contribution in [0.5, 0.6) is 5.75 Å². The minimum Gasteiger partial charge on any atom is -0.492 e. The van der Waals surface area contributed by atoms with Gasteiger partial charge in [0, 0.05) is 32.7 Å². The highest BCUT2D eigenvalue weighted by Gasteiger charge is 2.19. The lowest BCUT2D eigenvalue weighted by molar-refractivity contribution is 0.0600. The summed E-state index contributed by atoms with van der Waals surface area (Å²) in [7, 11) is 1.35. The quantitative estimate of drug-likeness (QED) is 0.715. The summed E-state index contributed by atoms with van der Waals surface area (Å²) >= 11 is 0. The van der Waals surface area contributed by atoms with Gasteiger partial charge in [-0.05, 0) is 36.4 Å². The highest BCUT2D eigenvalue weighted by atomic mass is 19.1. The molecule has 6 nitrogen and oxygen atoms in total. The molecule has 2 aromatic rings. The van der Waals surface area contributed by atoms with Crippen LogP contribution in [0.1, 0.15) is 15.9 Å². The van der Waals surface area contributed by atoms with E-state index < -0.39 is 5.97 Å². The van der Waals surface area contributed by atoms with E-state index in [0.29, 0.717) is 42.3 Å². The number of piperazine rings is 1. The number of hydrogen-bond acceptors (Lipinski definition) is 6. The Kier molecular flexibility index (Phi) is 6.45. The Labute approximate surface area is 163 Å². The van der Waals surface area contributed by atoms with E-state index in [-0.39, 0.29) is 5.82 Å². The van der Waals surface area contributed by atoms with Crippen molar-refractivity contribution in [2.45, 2.75) is 0 Å². The average molecular weight is 383 g/mol. The Hall–Kier alpha value is -3.11. The van der Waals surface area contributed by atoms with Gasteiger partial charge in [-0.3, -0.25) is 4.90 Å². The minimum absolute atomic E-state index is 0.327. The van der Waals surface area contributed by atoms with E-state index in [9.17, 15) is 9.18 Å². The van der Waals surface area contributed by atoms with Crippen molar-refractivity contribution in [3.8, 4) is 11.8 Å². The Morgan fingerprint density at radius 2 is 1.96 bits per heavy atom. The number of ether oxygens (including phenoxy) is 2. The largest absolute Gasteiger partial charge is 0.492 e. The van der Waals surface area contributed by atoms with E-state index in [1.165, 1.54) is 13.2 Å². The fourth-order valence-electron chi connectivity index (χ4n) is 3.17. The van der Waals surface area contributed by atoms with Gasteiger partial charge in [0.25, 0.3) is 0 Å². The molecule has 28 heavy (non-hydrogen) atoms. The maximum atomic E-state index is 14.2. The first-order valence-electron chi connectivity index (χ1n) is 9.09. The summed E-state index contributed by atoms with van der Waals surface area (Å²) < 4.78 is 24.6. The van der Waals surface area contributed by atoms with Crippen molar-refractivity contribution in [2.75, 3.05) is 51.3 Å². The van der Waals surface area contributed by atoms with E-state index in [4.69, 9.17) is 14.7 Å². The van der Waals surface area contributed by atoms with E-state index in [2.05, 4.69) is 4.90 Å². The standard InChI is InChI=1S/C21H22FN3O3/c1-27-21(26)17-3-2-4-18(14-17)28-12-11-24-7-9-25(10-8-24)20-6-5-16(15-23)13-19(20)22/h2-6,13-14H,7-12H2,1H3. The number of hydrogen-bond donors (Lipinski definition) is 0. The van der Waals surface area contributed by atoms with Gasteiger partial charge in [-0.1, -0.05) is 6.07 Å². The fraction of sp³-hybridized carbons (Fsp3) is 0.333. The second-order valence-electron chi connectivity index (χ2n) is 6.47. The molecule has 0 aliphatic carbocycles. The van der Waals surface area contributed by atoms with Crippen LogP contribution in [0, 0.1) is 17.1 Å². The number of esters is 1. The van der Waals surface area contributed by atoms with Gasteiger partial charge in [0.1, 0.15) is 18.2 Å². The molecule has 7 heteroatoms. The van der Waals surface area contributed by atoms with Crippen molar-refractivity contribution in [3.05, 3.63) is 59.4 Å². The minimum atomic E-state index is -0.392. The van der Waals surface area contributed by atoms with Crippen LogP contribution in [-0.4, -0.2) is 57.3 Å². The van der Waals surface area contributed by atoms with E-state index in [0.717, 1.165) is 19.6 Å². The van der Waals surface area contributed by atoms with Crippen LogP contribution in [0.25, 0.3) is 0 Å². The number of carbonyl (C=O) groups excluding carboxylic acids is 1. The fourth-order valence-corrected chi connectivity index (χ4v) is 3.17. The number of nitrogens with zero attached hydrogens (tertiary/aromatic N) is 3. The molecule has 0 spiro atoms. The number of nitriles is 1. The third-order valence-electron chi connectivity index (χ3n) is 4.72. The van der Waals surface area contributed by atoms with Crippen molar-refractivity contribution < 1.29 is 18.7 Å². The molecule has 0 atom stereocenters. The average Bonchev–Trinajstić information content (AvgIpc) is 2.74. The van der Waals surface area contributed by atoms with Crippen molar-refractivity contribution in [1.29, 1.82) is 5.26 Å². The topological polar surface area (TPSA) is 65.8 Å². The van der Waals surface area contributed by atoms with Gasteiger partial charge in [0.05, 0.1) is 30.0 Å². The molecule has 1 heterocycles. The molecule has 1 fully saturated rings. The van der Waals surface area contributed by atoms with Crippen molar-refractivity contribution >= 4 is 11.7 Å². The Bertz CT molecular complexity index is 873. The molecular weight excluding hydrogens is 361 g/mol. The predicted octanol–water partition coefficient (Wildman–Crippen LogP) is 2.68. The van der Waals surface area contributed by atoms with Gasteiger partial charge >= 0.3 is 5.97 Å². The lowest BCUT2D eigenvalue weighted by Crippen LogP contribution is -2.47. The molecular formula is C21H22FN3O3. The van der Waals surface area contributed by atoms with E-state index >= 15 is 0 Å². The summed E-state index contributed by atoms with van der Waals surface area (Å²) in [4.78, 5) is 15.8. The first kappa shape index (κ1) is 19.6. The maximum absolute atomic E-state index is 14.2. The summed E-state index contributed by atoms with van der Waals surface area (Å²) in [5, 5.41) is 8.85. The first-order valence-corrected chi connectivity index (χ1v) is 9.09. The molecule has 3 rings (SSSR count). The first-order chi connectivity index (χ1) is 13.6. The van der Waals surface area contributed by atoms with E-state index in [1.807, 2.05) is 11.0 Å². The number of methoxy groups -OCH3 is 1. The Morgan fingerprint density at radius 3 is 2.64 bits per heavy atom. The summed E-state index contributed by atoms with van der Waals surface area (Å²) in [6, 6.07) is 13.4. The van der Waals surface area contributed by atoms with Crippen molar-refractivity contribution in [3.63, 3.8) is 0 Å². The van der Waals surface area contributed by atoms with Crippen LogP contribution in [0.4, 0.5) is 10.1 Å². The second-order valence-corrected chi connectivity index (χ2v) is 6.47. The van der Waals surface area contributed by atoms with E-state index in [1.54, 1.807) is 36.4 Å². The van der Waals surface area contributed by atoms with Crippen LogP contribution < -0.4 is 9.64 Å². The number of rotatable bonds is 6. The molecule has 1 aliphatic heterocycles. The Balaban J connectivity index is 1.46. The molecule has 0 radical (unpaired) electrons. The molecule has 0 saturated carbocycles. The Morgan fingerprint density at radius 1 is 1.18 bits per heavy atom.